The Hall–Kier alpha value is -2.30. The average Bonchev–Trinajstić information content (AvgIpc) is 3.15. The number of benzene rings is 1. The molecule has 5 heteroatoms. The van der Waals surface area contributed by atoms with Crippen LogP contribution >= 0.6 is 0 Å². The molecule has 0 saturated heterocycles. The van der Waals surface area contributed by atoms with E-state index in [1.807, 2.05) is 30.5 Å². The van der Waals surface area contributed by atoms with Crippen LogP contribution in [0.1, 0.15) is 83.6 Å². The van der Waals surface area contributed by atoms with Gasteiger partial charge < -0.3 is 15.0 Å². The van der Waals surface area contributed by atoms with E-state index in [4.69, 9.17) is 4.74 Å². The highest BCUT2D eigenvalue weighted by molar-refractivity contribution is 5.87. The number of fused-ring (bicyclic) bond motifs is 1. The van der Waals surface area contributed by atoms with Crippen LogP contribution in [-0.4, -0.2) is 29.5 Å². The van der Waals surface area contributed by atoms with Crippen molar-refractivity contribution >= 4 is 22.8 Å². The van der Waals surface area contributed by atoms with Crippen molar-refractivity contribution in [1.82, 2.24) is 10.3 Å². The molecule has 1 atom stereocenters. The number of amides is 1. The fourth-order valence-corrected chi connectivity index (χ4v) is 3.82. The first-order valence-corrected chi connectivity index (χ1v) is 11.7. The summed E-state index contributed by atoms with van der Waals surface area (Å²) in [5.74, 6) is -0.445. The van der Waals surface area contributed by atoms with Gasteiger partial charge in [-0.2, -0.15) is 0 Å². The van der Waals surface area contributed by atoms with E-state index in [0.717, 1.165) is 29.3 Å². The highest BCUT2D eigenvalue weighted by atomic mass is 16.5. The van der Waals surface area contributed by atoms with Gasteiger partial charge in [0, 0.05) is 29.9 Å². The molecule has 0 saturated carbocycles. The summed E-state index contributed by atoms with van der Waals surface area (Å²) in [6.45, 7) is 4.32. The van der Waals surface area contributed by atoms with Gasteiger partial charge in [0.15, 0.2) is 0 Å². The zero-order valence-corrected chi connectivity index (χ0v) is 18.7. The van der Waals surface area contributed by atoms with Crippen molar-refractivity contribution in [1.29, 1.82) is 0 Å². The SMILES string of the molecule is CCCCCCCCCCCC(=O)NC(Cc1c[nH]c2ccccc12)C(=O)OCC. The van der Waals surface area contributed by atoms with Gasteiger partial charge in [0.25, 0.3) is 0 Å². The Morgan fingerprint density at radius 1 is 0.967 bits per heavy atom. The number of para-hydroxylation sites is 1. The molecule has 2 aromatic rings. The fourth-order valence-electron chi connectivity index (χ4n) is 3.82. The third kappa shape index (κ3) is 8.21. The normalized spacial score (nSPS) is 12.1. The van der Waals surface area contributed by atoms with E-state index in [1.54, 1.807) is 6.92 Å². The number of hydrogen-bond acceptors (Lipinski definition) is 3. The van der Waals surface area contributed by atoms with E-state index in [1.165, 1.54) is 44.9 Å². The summed E-state index contributed by atoms with van der Waals surface area (Å²) in [5, 5.41) is 3.97. The second-order valence-electron chi connectivity index (χ2n) is 8.01. The van der Waals surface area contributed by atoms with Crippen LogP contribution in [0.4, 0.5) is 0 Å². The number of rotatable bonds is 15. The zero-order chi connectivity index (χ0) is 21.6. The van der Waals surface area contributed by atoms with Crippen molar-refractivity contribution in [2.75, 3.05) is 6.61 Å². The van der Waals surface area contributed by atoms with Crippen molar-refractivity contribution in [2.45, 2.75) is 90.5 Å². The molecule has 0 radical (unpaired) electrons. The molecule has 1 aromatic carbocycles. The van der Waals surface area contributed by atoms with Crippen LogP contribution in [0.25, 0.3) is 10.9 Å². The maximum absolute atomic E-state index is 12.4. The molecule has 0 spiro atoms. The lowest BCUT2D eigenvalue weighted by molar-refractivity contribution is -0.147. The minimum absolute atomic E-state index is 0.0733. The van der Waals surface area contributed by atoms with Crippen molar-refractivity contribution in [3.63, 3.8) is 0 Å². The first kappa shape index (κ1) is 24.0. The van der Waals surface area contributed by atoms with E-state index >= 15 is 0 Å². The van der Waals surface area contributed by atoms with Crippen molar-refractivity contribution in [3.8, 4) is 0 Å². The lowest BCUT2D eigenvalue weighted by Crippen LogP contribution is -2.43. The molecule has 166 valence electrons. The second-order valence-corrected chi connectivity index (χ2v) is 8.01. The number of ether oxygens (including phenoxy) is 1. The molecule has 0 aliphatic carbocycles. The standard InChI is InChI=1S/C25H38N2O3/c1-3-5-6-7-8-9-10-11-12-17-24(28)27-23(25(29)30-4-2)18-20-19-26-22-16-14-13-15-21(20)22/h13-16,19,23,26H,3-12,17-18H2,1-2H3,(H,27,28). The minimum atomic E-state index is -0.657. The Kier molecular flexibility index (Phi) is 11.1. The molecule has 0 fully saturated rings. The maximum Gasteiger partial charge on any atom is 0.328 e. The molecular formula is C25H38N2O3. The van der Waals surface area contributed by atoms with E-state index in [0.29, 0.717) is 19.4 Å². The fraction of sp³-hybridized carbons (Fsp3) is 0.600. The highest BCUT2D eigenvalue weighted by Crippen LogP contribution is 2.19. The smallest absolute Gasteiger partial charge is 0.328 e. The Morgan fingerprint density at radius 2 is 1.63 bits per heavy atom. The Balaban J connectivity index is 1.77. The maximum atomic E-state index is 12.4. The van der Waals surface area contributed by atoms with E-state index in [2.05, 4.69) is 17.2 Å². The largest absolute Gasteiger partial charge is 0.464 e. The second kappa shape index (κ2) is 13.8. The Bertz CT molecular complexity index is 769. The molecule has 0 aliphatic rings. The quantitative estimate of drug-likeness (QED) is 0.291. The summed E-state index contributed by atoms with van der Waals surface area (Å²) < 4.78 is 5.20. The van der Waals surface area contributed by atoms with Gasteiger partial charge in [0.2, 0.25) is 5.91 Å². The molecule has 1 amide bonds. The summed E-state index contributed by atoms with van der Waals surface area (Å²) in [6, 6.07) is 7.31. The predicted octanol–water partition coefficient (Wildman–Crippen LogP) is 5.68. The Morgan fingerprint density at radius 3 is 2.33 bits per heavy atom. The molecule has 2 N–H and O–H groups in total. The van der Waals surface area contributed by atoms with E-state index in [9.17, 15) is 9.59 Å². The lowest BCUT2D eigenvalue weighted by Gasteiger charge is -2.17. The summed E-state index contributed by atoms with van der Waals surface area (Å²) in [6.07, 6.45) is 13.7. The Labute approximate surface area is 181 Å². The van der Waals surface area contributed by atoms with Crippen LogP contribution in [-0.2, 0) is 20.7 Å². The summed E-state index contributed by atoms with van der Waals surface area (Å²) in [5.41, 5.74) is 2.03. The number of carbonyl (C=O) groups is 2. The van der Waals surface area contributed by atoms with Crippen LogP contribution in [0.15, 0.2) is 30.5 Å². The van der Waals surface area contributed by atoms with Gasteiger partial charge in [-0.3, -0.25) is 4.79 Å². The number of unbranched alkanes of at least 4 members (excludes halogenated alkanes) is 8. The molecule has 0 aliphatic heterocycles. The molecule has 1 heterocycles. The number of nitrogens with one attached hydrogen (secondary N) is 2. The third-order valence-electron chi connectivity index (χ3n) is 5.51. The van der Waals surface area contributed by atoms with Crippen molar-refractivity contribution < 1.29 is 14.3 Å². The molecular weight excluding hydrogens is 376 g/mol. The summed E-state index contributed by atoms with van der Waals surface area (Å²) >= 11 is 0. The van der Waals surface area contributed by atoms with E-state index < -0.39 is 6.04 Å². The summed E-state index contributed by atoms with van der Waals surface area (Å²) in [4.78, 5) is 28.1. The van der Waals surface area contributed by atoms with Gasteiger partial charge in [-0.15, -0.1) is 0 Å². The number of esters is 1. The third-order valence-corrected chi connectivity index (χ3v) is 5.51. The zero-order valence-electron chi connectivity index (χ0n) is 18.7. The highest BCUT2D eigenvalue weighted by Gasteiger charge is 2.23. The molecule has 0 bridgehead atoms. The molecule has 30 heavy (non-hydrogen) atoms. The topological polar surface area (TPSA) is 71.2 Å². The van der Waals surface area contributed by atoms with E-state index in [-0.39, 0.29) is 11.9 Å². The molecule has 1 aromatic heterocycles. The summed E-state index contributed by atoms with van der Waals surface area (Å²) in [7, 11) is 0. The predicted molar refractivity (Wildman–Crippen MR) is 122 cm³/mol. The van der Waals surface area contributed by atoms with Crippen molar-refractivity contribution in [3.05, 3.63) is 36.0 Å². The van der Waals surface area contributed by atoms with Gasteiger partial charge in [-0.25, -0.2) is 4.79 Å². The first-order valence-electron chi connectivity index (χ1n) is 11.7. The molecule has 1 unspecified atom stereocenters. The number of carbonyl (C=O) groups excluding carboxylic acids is 2. The number of H-pyrrole nitrogens is 1. The van der Waals surface area contributed by atoms with Gasteiger partial charge in [0.05, 0.1) is 6.61 Å². The molecule has 5 nitrogen and oxygen atoms in total. The average molecular weight is 415 g/mol. The monoisotopic (exact) mass is 414 g/mol. The molecule has 2 rings (SSSR count). The van der Waals surface area contributed by atoms with Crippen LogP contribution in [0, 0.1) is 0 Å². The minimum Gasteiger partial charge on any atom is -0.464 e. The number of hydrogen-bond donors (Lipinski definition) is 2. The van der Waals surface area contributed by atoms with Gasteiger partial charge in [-0.1, -0.05) is 76.5 Å². The number of aromatic amines is 1. The van der Waals surface area contributed by atoms with Crippen LogP contribution in [0.2, 0.25) is 0 Å². The van der Waals surface area contributed by atoms with Crippen LogP contribution in [0.5, 0.6) is 0 Å². The first-order chi connectivity index (χ1) is 14.7. The van der Waals surface area contributed by atoms with Crippen molar-refractivity contribution in [2.24, 2.45) is 0 Å². The van der Waals surface area contributed by atoms with Gasteiger partial charge in [0.1, 0.15) is 6.04 Å². The number of aromatic nitrogens is 1. The van der Waals surface area contributed by atoms with Crippen LogP contribution in [0.3, 0.4) is 0 Å². The van der Waals surface area contributed by atoms with Gasteiger partial charge >= 0.3 is 5.97 Å². The lowest BCUT2D eigenvalue weighted by atomic mass is 10.0. The van der Waals surface area contributed by atoms with Gasteiger partial charge in [-0.05, 0) is 25.0 Å². The van der Waals surface area contributed by atoms with Crippen LogP contribution < -0.4 is 5.32 Å².